The first-order valence-corrected chi connectivity index (χ1v) is 8.07. The summed E-state index contributed by atoms with van der Waals surface area (Å²) in [4.78, 5) is 2.55. The Kier molecular flexibility index (Phi) is 5.04. The van der Waals surface area contributed by atoms with Crippen molar-refractivity contribution in [2.75, 3.05) is 26.2 Å². The number of benzene rings is 2. The summed E-state index contributed by atoms with van der Waals surface area (Å²) in [6.07, 6.45) is 2.12. The Hall–Kier alpha value is -1.90. The molecule has 0 spiro atoms. The van der Waals surface area contributed by atoms with Gasteiger partial charge in [-0.3, -0.25) is 4.90 Å². The first-order valence-electron chi connectivity index (χ1n) is 8.07. The van der Waals surface area contributed by atoms with Crippen molar-refractivity contribution in [3.05, 3.63) is 84.4 Å². The summed E-state index contributed by atoms with van der Waals surface area (Å²) >= 11 is 0. The van der Waals surface area contributed by atoms with E-state index in [-0.39, 0.29) is 0 Å². The molecule has 2 aromatic carbocycles. The molecule has 1 aliphatic heterocycles. The molecule has 1 fully saturated rings. The van der Waals surface area contributed by atoms with Gasteiger partial charge in [-0.15, -0.1) is 6.58 Å². The van der Waals surface area contributed by atoms with Crippen LogP contribution in [-0.2, 0) is 0 Å². The van der Waals surface area contributed by atoms with Gasteiger partial charge in [0.1, 0.15) is 0 Å². The van der Waals surface area contributed by atoms with Crippen molar-refractivity contribution in [3.63, 3.8) is 0 Å². The molecule has 22 heavy (non-hydrogen) atoms. The monoisotopic (exact) mass is 292 g/mol. The lowest BCUT2D eigenvalue weighted by molar-refractivity contribution is 0.189. The lowest BCUT2D eigenvalue weighted by Crippen LogP contribution is -2.49. The van der Waals surface area contributed by atoms with Crippen LogP contribution in [-0.4, -0.2) is 37.1 Å². The molecule has 1 heterocycles. The summed E-state index contributed by atoms with van der Waals surface area (Å²) in [6, 6.07) is 21.9. The zero-order valence-electron chi connectivity index (χ0n) is 13.0. The van der Waals surface area contributed by atoms with E-state index in [1.165, 1.54) is 11.1 Å². The van der Waals surface area contributed by atoms with Crippen LogP contribution in [0.5, 0.6) is 0 Å². The van der Waals surface area contributed by atoms with Crippen LogP contribution in [0.2, 0.25) is 0 Å². The second-order valence-corrected chi connectivity index (χ2v) is 5.81. The highest BCUT2D eigenvalue weighted by Gasteiger charge is 2.28. The average molecular weight is 292 g/mol. The lowest BCUT2D eigenvalue weighted by atomic mass is 9.84. The highest BCUT2D eigenvalue weighted by Crippen LogP contribution is 2.31. The van der Waals surface area contributed by atoms with Crippen molar-refractivity contribution in [2.45, 2.75) is 12.0 Å². The normalized spacial score (nSPS) is 17.3. The Balaban J connectivity index is 1.98. The predicted octanol–water partition coefficient (Wildman–Crippen LogP) is 3.28. The number of nitrogens with zero attached hydrogens (tertiary/aromatic N) is 1. The van der Waals surface area contributed by atoms with Crippen LogP contribution in [0.1, 0.15) is 17.0 Å². The van der Waals surface area contributed by atoms with Crippen LogP contribution >= 0.6 is 0 Å². The van der Waals surface area contributed by atoms with E-state index in [0.29, 0.717) is 12.0 Å². The molecular formula is C20H24N2. The molecule has 2 heteroatoms. The molecule has 0 aliphatic carbocycles. The van der Waals surface area contributed by atoms with Gasteiger partial charge in [-0.25, -0.2) is 0 Å². The Bertz CT molecular complexity index is 534. The summed E-state index contributed by atoms with van der Waals surface area (Å²) in [5, 5.41) is 3.44. The molecule has 0 radical (unpaired) electrons. The van der Waals surface area contributed by atoms with Crippen molar-refractivity contribution in [3.8, 4) is 0 Å². The standard InChI is InChI=1S/C20H24N2/c1-2-19(22-15-13-21-14-16-22)20(17-9-5-3-6-10-17)18-11-7-4-8-12-18/h2-12,19-21H,1,13-16H2. The number of piperazine rings is 1. The van der Waals surface area contributed by atoms with Gasteiger partial charge in [0.25, 0.3) is 0 Å². The zero-order chi connectivity index (χ0) is 15.2. The predicted molar refractivity (Wildman–Crippen MR) is 93.2 cm³/mol. The van der Waals surface area contributed by atoms with Crippen LogP contribution in [0.3, 0.4) is 0 Å². The summed E-state index contributed by atoms with van der Waals surface area (Å²) in [6.45, 7) is 8.41. The van der Waals surface area contributed by atoms with Gasteiger partial charge < -0.3 is 5.32 Å². The first-order chi connectivity index (χ1) is 10.9. The topological polar surface area (TPSA) is 15.3 Å². The minimum Gasteiger partial charge on any atom is -0.314 e. The van der Waals surface area contributed by atoms with E-state index >= 15 is 0 Å². The summed E-state index contributed by atoms with van der Waals surface area (Å²) < 4.78 is 0. The van der Waals surface area contributed by atoms with Crippen molar-refractivity contribution >= 4 is 0 Å². The lowest BCUT2D eigenvalue weighted by Gasteiger charge is -2.38. The fraction of sp³-hybridized carbons (Fsp3) is 0.300. The first kappa shape index (κ1) is 15.0. The smallest absolute Gasteiger partial charge is 0.0386 e. The van der Waals surface area contributed by atoms with E-state index in [1.807, 2.05) is 0 Å². The van der Waals surface area contributed by atoms with Crippen LogP contribution in [0, 0.1) is 0 Å². The van der Waals surface area contributed by atoms with Gasteiger partial charge in [0.2, 0.25) is 0 Å². The van der Waals surface area contributed by atoms with Gasteiger partial charge in [-0.1, -0.05) is 66.7 Å². The van der Waals surface area contributed by atoms with E-state index in [1.54, 1.807) is 0 Å². The second-order valence-electron chi connectivity index (χ2n) is 5.81. The molecule has 0 saturated carbocycles. The van der Waals surface area contributed by atoms with Gasteiger partial charge in [0.15, 0.2) is 0 Å². The van der Waals surface area contributed by atoms with Gasteiger partial charge in [0.05, 0.1) is 0 Å². The molecule has 2 aromatic rings. The molecule has 3 rings (SSSR count). The fourth-order valence-electron chi connectivity index (χ4n) is 3.38. The van der Waals surface area contributed by atoms with Gasteiger partial charge in [-0.2, -0.15) is 0 Å². The highest BCUT2D eigenvalue weighted by molar-refractivity contribution is 5.35. The Morgan fingerprint density at radius 1 is 0.864 bits per heavy atom. The minimum absolute atomic E-state index is 0.326. The maximum Gasteiger partial charge on any atom is 0.0386 e. The summed E-state index contributed by atoms with van der Waals surface area (Å²) in [7, 11) is 0. The maximum absolute atomic E-state index is 4.15. The number of hydrogen-bond acceptors (Lipinski definition) is 2. The number of nitrogens with one attached hydrogen (secondary N) is 1. The largest absolute Gasteiger partial charge is 0.314 e. The molecule has 1 saturated heterocycles. The van der Waals surface area contributed by atoms with Crippen LogP contribution in [0.25, 0.3) is 0 Å². The molecule has 1 N–H and O–H groups in total. The molecule has 1 atom stereocenters. The Morgan fingerprint density at radius 3 is 1.82 bits per heavy atom. The average Bonchev–Trinajstić information content (AvgIpc) is 2.62. The SMILES string of the molecule is C=CC(C(c1ccccc1)c1ccccc1)N1CCNCC1. The molecule has 2 nitrogen and oxygen atoms in total. The Labute approximate surface area is 133 Å². The zero-order valence-corrected chi connectivity index (χ0v) is 13.0. The van der Waals surface area contributed by atoms with E-state index < -0.39 is 0 Å². The molecule has 0 bridgehead atoms. The number of hydrogen-bond donors (Lipinski definition) is 1. The van der Waals surface area contributed by atoms with E-state index in [9.17, 15) is 0 Å². The van der Waals surface area contributed by atoms with Crippen LogP contribution < -0.4 is 5.32 Å². The van der Waals surface area contributed by atoms with Crippen molar-refractivity contribution in [1.82, 2.24) is 10.2 Å². The second kappa shape index (κ2) is 7.39. The third-order valence-electron chi connectivity index (χ3n) is 4.47. The van der Waals surface area contributed by atoms with E-state index in [2.05, 4.69) is 83.5 Å². The quantitative estimate of drug-likeness (QED) is 0.851. The molecule has 1 aliphatic rings. The van der Waals surface area contributed by atoms with Gasteiger partial charge in [0, 0.05) is 38.1 Å². The van der Waals surface area contributed by atoms with Crippen LogP contribution in [0.4, 0.5) is 0 Å². The maximum atomic E-state index is 4.15. The van der Waals surface area contributed by atoms with Crippen LogP contribution in [0.15, 0.2) is 73.3 Å². The van der Waals surface area contributed by atoms with Gasteiger partial charge in [-0.05, 0) is 11.1 Å². The van der Waals surface area contributed by atoms with E-state index in [0.717, 1.165) is 26.2 Å². The molecular weight excluding hydrogens is 268 g/mol. The van der Waals surface area contributed by atoms with Crippen molar-refractivity contribution < 1.29 is 0 Å². The molecule has 0 amide bonds. The van der Waals surface area contributed by atoms with Crippen molar-refractivity contribution in [1.29, 1.82) is 0 Å². The number of rotatable bonds is 5. The molecule has 114 valence electrons. The highest BCUT2D eigenvalue weighted by atomic mass is 15.2. The summed E-state index contributed by atoms with van der Waals surface area (Å²) in [5.74, 6) is 0.331. The molecule has 0 aromatic heterocycles. The fourth-order valence-corrected chi connectivity index (χ4v) is 3.38. The van der Waals surface area contributed by atoms with E-state index in [4.69, 9.17) is 0 Å². The Morgan fingerprint density at radius 2 is 1.36 bits per heavy atom. The van der Waals surface area contributed by atoms with Gasteiger partial charge >= 0.3 is 0 Å². The summed E-state index contributed by atoms with van der Waals surface area (Å²) in [5.41, 5.74) is 2.72. The third kappa shape index (κ3) is 3.29. The van der Waals surface area contributed by atoms with Crippen molar-refractivity contribution in [2.24, 2.45) is 0 Å². The third-order valence-corrected chi connectivity index (χ3v) is 4.47. The minimum atomic E-state index is 0.326. The molecule has 1 unspecified atom stereocenters.